The number of rotatable bonds is 5. The second kappa shape index (κ2) is 7.72. The fourth-order valence-corrected chi connectivity index (χ4v) is 2.55. The SMILES string of the molecule is CCC1CCCCCN1C(=O)N(CC(=O)O)CC(=O)O. The summed E-state index contributed by atoms with van der Waals surface area (Å²) >= 11 is 0. The number of nitrogens with zero attached hydrogens (tertiary/aromatic N) is 2. The van der Waals surface area contributed by atoms with Crippen molar-refractivity contribution in [3.05, 3.63) is 0 Å². The Kier molecular flexibility index (Phi) is 6.27. The molecular weight excluding hydrogens is 264 g/mol. The van der Waals surface area contributed by atoms with E-state index in [1.165, 1.54) is 0 Å². The van der Waals surface area contributed by atoms with Gasteiger partial charge in [0.2, 0.25) is 0 Å². The molecule has 0 aliphatic carbocycles. The highest BCUT2D eigenvalue weighted by Gasteiger charge is 2.29. The van der Waals surface area contributed by atoms with E-state index in [0.29, 0.717) is 6.54 Å². The minimum atomic E-state index is -1.21. The van der Waals surface area contributed by atoms with E-state index in [2.05, 4.69) is 0 Å². The van der Waals surface area contributed by atoms with Gasteiger partial charge in [-0.2, -0.15) is 0 Å². The number of likely N-dealkylation sites (tertiary alicyclic amines) is 1. The molecule has 1 unspecified atom stereocenters. The molecule has 0 aromatic rings. The Morgan fingerprint density at radius 1 is 1.10 bits per heavy atom. The summed E-state index contributed by atoms with van der Waals surface area (Å²) in [6.45, 7) is 1.37. The van der Waals surface area contributed by atoms with Crippen LogP contribution in [0.25, 0.3) is 0 Å². The van der Waals surface area contributed by atoms with Crippen molar-refractivity contribution in [3.8, 4) is 0 Å². The maximum Gasteiger partial charge on any atom is 0.323 e. The summed E-state index contributed by atoms with van der Waals surface area (Å²) in [5.74, 6) is -2.41. The number of urea groups is 1. The number of carbonyl (C=O) groups is 3. The summed E-state index contributed by atoms with van der Waals surface area (Å²) in [7, 11) is 0. The molecule has 0 aromatic heterocycles. The lowest BCUT2D eigenvalue weighted by Gasteiger charge is -2.33. The van der Waals surface area contributed by atoms with Crippen molar-refractivity contribution in [3.63, 3.8) is 0 Å². The minimum Gasteiger partial charge on any atom is -0.480 e. The second-order valence-corrected chi connectivity index (χ2v) is 5.03. The first-order chi connectivity index (χ1) is 9.45. The predicted octanol–water partition coefficient (Wildman–Crippen LogP) is 1.23. The van der Waals surface area contributed by atoms with Crippen LogP contribution in [-0.2, 0) is 9.59 Å². The second-order valence-electron chi connectivity index (χ2n) is 5.03. The Morgan fingerprint density at radius 2 is 1.70 bits per heavy atom. The maximum absolute atomic E-state index is 12.4. The number of carbonyl (C=O) groups excluding carboxylic acids is 1. The summed E-state index contributed by atoms with van der Waals surface area (Å²) < 4.78 is 0. The normalized spacial score (nSPS) is 19.2. The third-order valence-electron chi connectivity index (χ3n) is 3.52. The molecule has 114 valence electrons. The lowest BCUT2D eigenvalue weighted by atomic mass is 10.1. The number of carboxylic acids is 2. The summed E-state index contributed by atoms with van der Waals surface area (Å²) in [6.07, 6.45) is 4.63. The third-order valence-corrected chi connectivity index (χ3v) is 3.52. The topological polar surface area (TPSA) is 98.2 Å². The van der Waals surface area contributed by atoms with Crippen molar-refractivity contribution in [1.82, 2.24) is 9.80 Å². The number of amides is 2. The van der Waals surface area contributed by atoms with E-state index in [9.17, 15) is 14.4 Å². The van der Waals surface area contributed by atoms with E-state index in [1.54, 1.807) is 4.90 Å². The van der Waals surface area contributed by atoms with Crippen LogP contribution in [0.4, 0.5) is 4.79 Å². The van der Waals surface area contributed by atoms with E-state index in [0.717, 1.165) is 37.0 Å². The predicted molar refractivity (Wildman–Crippen MR) is 71.5 cm³/mol. The molecule has 0 aromatic carbocycles. The van der Waals surface area contributed by atoms with Gasteiger partial charge in [-0.1, -0.05) is 19.8 Å². The van der Waals surface area contributed by atoms with E-state index >= 15 is 0 Å². The Bertz CT molecular complexity index is 356. The lowest BCUT2D eigenvalue weighted by Crippen LogP contribution is -2.50. The van der Waals surface area contributed by atoms with Gasteiger partial charge < -0.3 is 20.0 Å². The van der Waals surface area contributed by atoms with Crippen molar-refractivity contribution < 1.29 is 24.6 Å². The van der Waals surface area contributed by atoms with Crippen LogP contribution >= 0.6 is 0 Å². The molecule has 1 heterocycles. The van der Waals surface area contributed by atoms with Gasteiger partial charge in [0.1, 0.15) is 13.1 Å². The van der Waals surface area contributed by atoms with Gasteiger partial charge in [-0.05, 0) is 19.3 Å². The number of carboxylic acid groups (broad SMARTS) is 2. The van der Waals surface area contributed by atoms with E-state index in [4.69, 9.17) is 10.2 Å². The first-order valence-corrected chi connectivity index (χ1v) is 6.94. The minimum absolute atomic E-state index is 0.0649. The summed E-state index contributed by atoms with van der Waals surface area (Å²) in [5, 5.41) is 17.6. The Labute approximate surface area is 118 Å². The fourth-order valence-electron chi connectivity index (χ4n) is 2.55. The molecule has 1 atom stereocenters. The van der Waals surface area contributed by atoms with Crippen molar-refractivity contribution in [2.75, 3.05) is 19.6 Å². The molecule has 0 spiro atoms. The molecule has 0 bridgehead atoms. The van der Waals surface area contributed by atoms with Crippen molar-refractivity contribution in [1.29, 1.82) is 0 Å². The van der Waals surface area contributed by atoms with Gasteiger partial charge >= 0.3 is 18.0 Å². The quantitative estimate of drug-likeness (QED) is 0.792. The number of hydrogen-bond donors (Lipinski definition) is 2. The van der Waals surface area contributed by atoms with Gasteiger partial charge in [0.05, 0.1) is 0 Å². The molecule has 2 amide bonds. The van der Waals surface area contributed by atoms with Crippen LogP contribution in [0.3, 0.4) is 0 Å². The molecule has 1 aliphatic heterocycles. The first-order valence-electron chi connectivity index (χ1n) is 6.94. The highest BCUT2D eigenvalue weighted by atomic mass is 16.4. The molecule has 1 saturated heterocycles. The first kappa shape index (κ1) is 16.3. The van der Waals surface area contributed by atoms with Gasteiger partial charge in [0.15, 0.2) is 0 Å². The van der Waals surface area contributed by atoms with Crippen LogP contribution in [-0.4, -0.2) is 63.7 Å². The number of aliphatic carboxylic acids is 2. The standard InChI is InChI=1S/C13H22N2O5/c1-2-10-6-4-3-5-7-15(10)13(20)14(8-11(16)17)9-12(18)19/h10H,2-9H2,1H3,(H,16,17)(H,18,19). The van der Waals surface area contributed by atoms with Crippen LogP contribution in [0.2, 0.25) is 0 Å². The zero-order chi connectivity index (χ0) is 15.1. The highest BCUT2D eigenvalue weighted by molar-refractivity contribution is 5.84. The zero-order valence-electron chi connectivity index (χ0n) is 11.7. The van der Waals surface area contributed by atoms with Crippen molar-refractivity contribution in [2.24, 2.45) is 0 Å². The molecular formula is C13H22N2O5. The van der Waals surface area contributed by atoms with Gasteiger partial charge in [-0.15, -0.1) is 0 Å². The van der Waals surface area contributed by atoms with Crippen LogP contribution in [0.15, 0.2) is 0 Å². The third kappa shape index (κ3) is 4.71. The maximum atomic E-state index is 12.4. The highest BCUT2D eigenvalue weighted by Crippen LogP contribution is 2.20. The molecule has 2 N–H and O–H groups in total. The Hall–Kier alpha value is -1.79. The molecule has 7 heteroatoms. The molecule has 1 rings (SSSR count). The Morgan fingerprint density at radius 3 is 2.20 bits per heavy atom. The van der Waals surface area contributed by atoms with Gasteiger partial charge in [-0.3, -0.25) is 9.59 Å². The summed E-state index contributed by atoms with van der Waals surface area (Å²) in [4.78, 5) is 36.5. The summed E-state index contributed by atoms with van der Waals surface area (Å²) in [5.41, 5.74) is 0. The van der Waals surface area contributed by atoms with Gasteiger partial charge in [0.25, 0.3) is 0 Å². The molecule has 0 radical (unpaired) electrons. The van der Waals surface area contributed by atoms with Crippen molar-refractivity contribution >= 4 is 18.0 Å². The van der Waals surface area contributed by atoms with E-state index in [-0.39, 0.29) is 6.04 Å². The van der Waals surface area contributed by atoms with Gasteiger partial charge in [0, 0.05) is 12.6 Å². The average Bonchev–Trinajstić information content (AvgIpc) is 2.60. The van der Waals surface area contributed by atoms with Crippen LogP contribution < -0.4 is 0 Å². The fraction of sp³-hybridized carbons (Fsp3) is 0.769. The lowest BCUT2D eigenvalue weighted by molar-refractivity contribution is -0.140. The summed E-state index contributed by atoms with van der Waals surface area (Å²) in [6, 6.07) is -0.418. The molecule has 7 nitrogen and oxygen atoms in total. The zero-order valence-corrected chi connectivity index (χ0v) is 11.7. The van der Waals surface area contributed by atoms with E-state index < -0.39 is 31.1 Å². The average molecular weight is 286 g/mol. The smallest absolute Gasteiger partial charge is 0.323 e. The van der Waals surface area contributed by atoms with Crippen molar-refractivity contribution in [2.45, 2.75) is 45.1 Å². The van der Waals surface area contributed by atoms with Crippen LogP contribution in [0.5, 0.6) is 0 Å². The molecule has 1 aliphatic rings. The molecule has 20 heavy (non-hydrogen) atoms. The van der Waals surface area contributed by atoms with E-state index in [1.807, 2.05) is 6.92 Å². The number of hydrogen-bond acceptors (Lipinski definition) is 3. The molecule has 1 fully saturated rings. The monoisotopic (exact) mass is 286 g/mol. The van der Waals surface area contributed by atoms with Gasteiger partial charge in [-0.25, -0.2) is 4.79 Å². The molecule has 0 saturated carbocycles. The van der Waals surface area contributed by atoms with Crippen LogP contribution in [0, 0.1) is 0 Å². The van der Waals surface area contributed by atoms with Crippen LogP contribution in [0.1, 0.15) is 39.0 Å². The largest absolute Gasteiger partial charge is 0.480 e. The Balaban J connectivity index is 2.83.